The highest BCUT2D eigenvalue weighted by molar-refractivity contribution is 5.71. The molecule has 0 bridgehead atoms. The first kappa shape index (κ1) is 56.4. The Hall–Kier alpha value is -2.63. The lowest BCUT2D eigenvalue weighted by Gasteiger charge is -2.18. The van der Waals surface area contributed by atoms with Gasteiger partial charge < -0.3 is 14.2 Å². The maximum atomic E-state index is 12.8. The van der Waals surface area contributed by atoms with E-state index in [1.807, 2.05) is 0 Å². The molecule has 0 saturated heterocycles. The van der Waals surface area contributed by atoms with Crippen molar-refractivity contribution in [1.29, 1.82) is 0 Å². The van der Waals surface area contributed by atoms with Crippen LogP contribution in [0.2, 0.25) is 0 Å². The molecule has 0 aromatic rings. The summed E-state index contributed by atoms with van der Waals surface area (Å²) in [4.78, 5) is 37.8. The van der Waals surface area contributed by atoms with Crippen molar-refractivity contribution in [2.24, 2.45) is 0 Å². The maximum absolute atomic E-state index is 12.8. The molecule has 1 atom stereocenters. The number of hydrogen-bond donors (Lipinski definition) is 0. The number of ether oxygens (including phenoxy) is 3. The Balaban J connectivity index is 4.40. The van der Waals surface area contributed by atoms with Crippen LogP contribution in [0.15, 0.2) is 48.6 Å². The van der Waals surface area contributed by atoms with Crippen LogP contribution in [0.3, 0.4) is 0 Å². The van der Waals surface area contributed by atoms with Crippen LogP contribution in [0.4, 0.5) is 0 Å². The van der Waals surface area contributed by atoms with Crippen LogP contribution < -0.4 is 0 Å². The van der Waals surface area contributed by atoms with E-state index in [0.29, 0.717) is 19.3 Å². The average Bonchev–Trinajstić information content (AvgIpc) is 3.23. The second kappa shape index (κ2) is 48.0. The van der Waals surface area contributed by atoms with E-state index in [1.165, 1.54) is 135 Å². The summed E-state index contributed by atoms with van der Waals surface area (Å²) in [5.41, 5.74) is 0. The Kier molecular flexibility index (Phi) is 45.9. The molecule has 0 aromatic carbocycles. The number of esters is 3. The first-order chi connectivity index (χ1) is 29.0. The summed E-state index contributed by atoms with van der Waals surface area (Å²) in [5.74, 6) is -0.949. The van der Waals surface area contributed by atoms with Crippen molar-refractivity contribution < 1.29 is 28.6 Å². The monoisotopic (exact) mass is 827 g/mol. The van der Waals surface area contributed by atoms with Crippen LogP contribution in [0.1, 0.15) is 252 Å². The number of hydrogen-bond acceptors (Lipinski definition) is 6. The van der Waals surface area contributed by atoms with E-state index in [-0.39, 0.29) is 37.5 Å². The van der Waals surface area contributed by atoms with Gasteiger partial charge in [-0.3, -0.25) is 14.4 Å². The predicted molar refractivity (Wildman–Crippen MR) is 252 cm³/mol. The number of unbranched alkanes of at least 4 members (excludes halogenated alkanes) is 26. The van der Waals surface area contributed by atoms with E-state index < -0.39 is 6.10 Å². The van der Waals surface area contributed by atoms with Gasteiger partial charge in [-0.05, 0) is 70.6 Å². The Morgan fingerprint density at radius 2 is 0.678 bits per heavy atom. The van der Waals surface area contributed by atoms with Gasteiger partial charge in [0, 0.05) is 19.3 Å². The van der Waals surface area contributed by atoms with Crippen LogP contribution in [0.25, 0.3) is 0 Å². The van der Waals surface area contributed by atoms with Crippen molar-refractivity contribution in [2.45, 2.75) is 258 Å². The Morgan fingerprint density at radius 1 is 0.356 bits per heavy atom. The number of allylic oxidation sites excluding steroid dienone is 8. The lowest BCUT2D eigenvalue weighted by atomic mass is 10.0. The molecule has 0 fully saturated rings. The highest BCUT2D eigenvalue weighted by Gasteiger charge is 2.19. The van der Waals surface area contributed by atoms with E-state index in [9.17, 15) is 14.4 Å². The molecule has 0 rings (SSSR count). The average molecular weight is 827 g/mol. The number of carbonyl (C=O) groups is 3. The van der Waals surface area contributed by atoms with Crippen molar-refractivity contribution in [1.82, 2.24) is 0 Å². The van der Waals surface area contributed by atoms with Gasteiger partial charge in [0.05, 0.1) is 0 Å². The van der Waals surface area contributed by atoms with Crippen molar-refractivity contribution in [3.05, 3.63) is 48.6 Å². The fourth-order valence-electron chi connectivity index (χ4n) is 7.05. The van der Waals surface area contributed by atoms with Gasteiger partial charge in [0.2, 0.25) is 0 Å². The summed E-state index contributed by atoms with van der Waals surface area (Å²) in [6, 6.07) is 0. The molecular weight excluding hydrogens is 733 g/mol. The van der Waals surface area contributed by atoms with Crippen molar-refractivity contribution >= 4 is 17.9 Å². The summed E-state index contributed by atoms with van der Waals surface area (Å²) >= 11 is 0. The fourth-order valence-corrected chi connectivity index (χ4v) is 7.05. The first-order valence-corrected chi connectivity index (χ1v) is 25.1. The van der Waals surface area contributed by atoms with E-state index in [1.54, 1.807) is 0 Å². The SMILES string of the molecule is CC/C=C\C/C=C\C/C=C\CCCC(=O)OCC(COC(=O)CCCCCCC/C=C\CCCCCCCCC)OC(=O)CCCCCCCCCCCCCCCC. The van der Waals surface area contributed by atoms with Gasteiger partial charge in [0.1, 0.15) is 13.2 Å². The van der Waals surface area contributed by atoms with E-state index in [4.69, 9.17) is 14.2 Å². The highest BCUT2D eigenvalue weighted by Crippen LogP contribution is 2.15. The van der Waals surface area contributed by atoms with Crippen LogP contribution in [0.5, 0.6) is 0 Å². The molecule has 0 spiro atoms. The van der Waals surface area contributed by atoms with Crippen LogP contribution >= 0.6 is 0 Å². The van der Waals surface area contributed by atoms with E-state index >= 15 is 0 Å². The maximum Gasteiger partial charge on any atom is 0.306 e. The van der Waals surface area contributed by atoms with Crippen LogP contribution in [-0.4, -0.2) is 37.2 Å². The minimum atomic E-state index is -0.792. The Labute approximate surface area is 365 Å². The predicted octanol–water partition coefficient (Wildman–Crippen LogP) is 16.3. The molecule has 0 amide bonds. The highest BCUT2D eigenvalue weighted by atomic mass is 16.6. The van der Waals surface area contributed by atoms with Crippen molar-refractivity contribution in [3.63, 3.8) is 0 Å². The molecule has 0 aliphatic rings. The van der Waals surface area contributed by atoms with Crippen molar-refractivity contribution in [2.75, 3.05) is 13.2 Å². The zero-order valence-corrected chi connectivity index (χ0v) is 39.0. The second-order valence-electron chi connectivity index (χ2n) is 16.7. The Morgan fingerprint density at radius 3 is 1.12 bits per heavy atom. The molecule has 0 radical (unpaired) electrons. The molecular formula is C53H94O6. The zero-order chi connectivity index (χ0) is 43.0. The molecule has 342 valence electrons. The topological polar surface area (TPSA) is 78.9 Å². The molecule has 59 heavy (non-hydrogen) atoms. The zero-order valence-electron chi connectivity index (χ0n) is 39.0. The lowest BCUT2D eigenvalue weighted by Crippen LogP contribution is -2.30. The van der Waals surface area contributed by atoms with Gasteiger partial charge in [-0.25, -0.2) is 0 Å². The molecule has 1 unspecified atom stereocenters. The molecule has 0 aliphatic carbocycles. The summed E-state index contributed by atoms with van der Waals surface area (Å²) in [6.07, 6.45) is 56.8. The van der Waals surface area contributed by atoms with Gasteiger partial charge in [0.15, 0.2) is 6.10 Å². The van der Waals surface area contributed by atoms with Crippen LogP contribution in [-0.2, 0) is 28.6 Å². The lowest BCUT2D eigenvalue weighted by molar-refractivity contribution is -0.167. The molecule has 0 aromatic heterocycles. The van der Waals surface area contributed by atoms with Gasteiger partial charge in [-0.1, -0.05) is 211 Å². The summed E-state index contributed by atoms with van der Waals surface area (Å²) in [5, 5.41) is 0. The third kappa shape index (κ3) is 46.3. The first-order valence-electron chi connectivity index (χ1n) is 25.1. The summed E-state index contributed by atoms with van der Waals surface area (Å²) in [6.45, 7) is 6.47. The third-order valence-electron chi connectivity index (χ3n) is 10.8. The second-order valence-corrected chi connectivity index (χ2v) is 16.7. The third-order valence-corrected chi connectivity index (χ3v) is 10.8. The van der Waals surface area contributed by atoms with Gasteiger partial charge in [0.25, 0.3) is 0 Å². The van der Waals surface area contributed by atoms with Gasteiger partial charge >= 0.3 is 17.9 Å². The van der Waals surface area contributed by atoms with E-state index in [2.05, 4.69) is 69.4 Å². The number of rotatable bonds is 45. The molecule has 6 heteroatoms. The normalized spacial score (nSPS) is 12.4. The van der Waals surface area contributed by atoms with Gasteiger partial charge in [-0.15, -0.1) is 0 Å². The molecule has 6 nitrogen and oxygen atoms in total. The molecule has 0 saturated carbocycles. The van der Waals surface area contributed by atoms with Crippen molar-refractivity contribution in [3.8, 4) is 0 Å². The van der Waals surface area contributed by atoms with Gasteiger partial charge in [-0.2, -0.15) is 0 Å². The van der Waals surface area contributed by atoms with E-state index in [0.717, 1.165) is 70.6 Å². The number of carbonyl (C=O) groups excluding carboxylic acids is 3. The standard InChI is InChI=1S/C53H94O6/c1-4-7-10-13-16-19-22-24-26-27-29-31-34-37-40-43-46-52(55)58-49-50(48-57-51(54)45-42-39-36-33-30-21-18-15-12-9-6-3)59-53(56)47-44-41-38-35-32-28-25-23-20-17-14-11-8-5-2/h9,12,18,21,26-27,33,36,50H,4-8,10-11,13-17,19-20,22-25,28-32,34-35,37-49H2,1-3H3/b12-9-,21-18-,27-26-,36-33-. The molecule has 0 aliphatic heterocycles. The quantitative estimate of drug-likeness (QED) is 0.0263. The minimum absolute atomic E-state index is 0.0910. The summed E-state index contributed by atoms with van der Waals surface area (Å²) < 4.78 is 16.7. The Bertz CT molecular complexity index is 1040. The smallest absolute Gasteiger partial charge is 0.306 e. The minimum Gasteiger partial charge on any atom is -0.462 e. The molecule has 0 N–H and O–H groups in total. The van der Waals surface area contributed by atoms with Crippen LogP contribution in [0, 0.1) is 0 Å². The largest absolute Gasteiger partial charge is 0.462 e. The summed E-state index contributed by atoms with van der Waals surface area (Å²) in [7, 11) is 0. The molecule has 0 heterocycles. The fraction of sp³-hybridized carbons (Fsp3) is 0.792.